The highest BCUT2D eigenvalue weighted by atomic mass is 16.3. The molecule has 1 aliphatic heterocycles. The van der Waals surface area contributed by atoms with Gasteiger partial charge in [-0.1, -0.05) is 103 Å². The third-order valence-electron chi connectivity index (χ3n) is 11.3. The first-order valence-corrected chi connectivity index (χ1v) is 16.8. The van der Waals surface area contributed by atoms with Crippen LogP contribution in [0.3, 0.4) is 0 Å². The molecule has 1 heterocycles. The maximum absolute atomic E-state index is 15.0. The summed E-state index contributed by atoms with van der Waals surface area (Å²) in [5, 5.41) is 21.1. The van der Waals surface area contributed by atoms with Crippen LogP contribution in [0.5, 0.6) is 11.5 Å². The number of carbonyl (C=O) groups excluding carboxylic acids is 4. The van der Waals surface area contributed by atoms with Crippen LogP contribution in [-0.4, -0.2) is 45.0 Å². The smallest absolute Gasteiger partial charge is 0.233 e. The van der Waals surface area contributed by atoms with E-state index in [1.165, 1.54) is 11.0 Å². The van der Waals surface area contributed by atoms with Crippen LogP contribution >= 0.6 is 0 Å². The quantitative estimate of drug-likeness (QED) is 0.191. The van der Waals surface area contributed by atoms with Gasteiger partial charge < -0.3 is 10.2 Å². The van der Waals surface area contributed by atoms with Crippen molar-refractivity contribution in [3.8, 4) is 11.5 Å². The van der Waals surface area contributed by atoms with Crippen LogP contribution in [0.15, 0.2) is 127 Å². The van der Waals surface area contributed by atoms with Crippen molar-refractivity contribution in [2.45, 2.75) is 30.6 Å². The van der Waals surface area contributed by atoms with E-state index >= 15 is 4.79 Å². The molecule has 0 spiro atoms. The van der Waals surface area contributed by atoms with E-state index < -0.39 is 35.0 Å². The number of allylic oxidation sites excluding steroid dienone is 4. The van der Waals surface area contributed by atoms with Gasteiger partial charge in [0.1, 0.15) is 11.5 Å². The summed E-state index contributed by atoms with van der Waals surface area (Å²) in [6, 6.07) is 32.2. The highest BCUT2D eigenvalue weighted by Crippen LogP contribution is 2.64. The van der Waals surface area contributed by atoms with Crippen LogP contribution in [0.4, 0.5) is 0 Å². The second kappa shape index (κ2) is 11.8. The molecule has 0 radical (unpaired) electrons. The number of carbonyl (C=O) groups is 4. The Morgan fingerprint density at radius 3 is 2.12 bits per heavy atom. The number of phenols is 2. The molecule has 7 nitrogen and oxygen atoms in total. The standard InChI is InChI=1S/C42H35NO6/c44-28-17-15-25(16-18-28)21-22-43-40(48)31-20-19-29-33(37(31)41(43)49)23-34-39(47)32(26-9-3-1-4-10-26)24-36(46)42(34,27-11-5-2-6-12-27)38(29)30-13-7-8-14-35(30)45/h1-19,24,31,33-34,37-38,44-45H,20-23H2. The lowest BCUT2D eigenvalue weighted by molar-refractivity contribution is -0.140. The van der Waals surface area contributed by atoms with Crippen molar-refractivity contribution < 1.29 is 29.4 Å². The summed E-state index contributed by atoms with van der Waals surface area (Å²) in [6.07, 6.45) is 4.47. The van der Waals surface area contributed by atoms with Crippen molar-refractivity contribution >= 4 is 29.0 Å². The molecule has 244 valence electrons. The average molecular weight is 650 g/mol. The SMILES string of the molecule is O=C1C(c2ccccc2)=CC(=O)C2(c3ccccc3)C1CC1C(=CCC3C(=O)N(CCc4ccc(O)cc4)C(=O)C31)C2c1ccccc1O. The number of amides is 2. The zero-order chi connectivity index (χ0) is 33.9. The number of benzene rings is 4. The lowest BCUT2D eigenvalue weighted by atomic mass is 9.44. The molecule has 4 aliphatic rings. The number of aromatic hydroxyl groups is 2. The number of nitrogens with zero attached hydrogens (tertiary/aromatic N) is 1. The van der Waals surface area contributed by atoms with Crippen LogP contribution in [0.1, 0.15) is 41.0 Å². The maximum Gasteiger partial charge on any atom is 0.233 e. The molecular weight excluding hydrogens is 614 g/mol. The summed E-state index contributed by atoms with van der Waals surface area (Å²) >= 11 is 0. The molecule has 0 aromatic heterocycles. The minimum Gasteiger partial charge on any atom is -0.508 e. The Morgan fingerprint density at radius 1 is 0.735 bits per heavy atom. The normalized spacial score (nSPS) is 27.6. The molecule has 1 saturated heterocycles. The minimum atomic E-state index is -1.38. The summed E-state index contributed by atoms with van der Waals surface area (Å²) in [4.78, 5) is 59.5. The number of hydrogen-bond acceptors (Lipinski definition) is 6. The molecule has 0 bridgehead atoms. The number of para-hydroxylation sites is 1. The van der Waals surface area contributed by atoms with E-state index in [1.807, 2.05) is 72.8 Å². The molecule has 8 rings (SSSR count). The highest BCUT2D eigenvalue weighted by Gasteiger charge is 2.66. The van der Waals surface area contributed by atoms with E-state index in [2.05, 4.69) is 0 Å². The number of phenolic OH excluding ortho intramolecular Hbond substituents is 2. The Bertz CT molecular complexity index is 2050. The van der Waals surface area contributed by atoms with Crippen LogP contribution in [0, 0.1) is 23.7 Å². The second-order valence-electron chi connectivity index (χ2n) is 13.6. The molecule has 6 atom stereocenters. The van der Waals surface area contributed by atoms with Crippen molar-refractivity contribution in [1.82, 2.24) is 4.90 Å². The van der Waals surface area contributed by atoms with Gasteiger partial charge in [0.25, 0.3) is 0 Å². The fourth-order valence-electron chi connectivity index (χ4n) is 9.14. The van der Waals surface area contributed by atoms with E-state index in [1.54, 1.807) is 42.5 Å². The molecular formula is C42H35NO6. The predicted molar refractivity (Wildman–Crippen MR) is 183 cm³/mol. The number of ketones is 2. The van der Waals surface area contributed by atoms with Gasteiger partial charge in [0.2, 0.25) is 11.8 Å². The Kier molecular flexibility index (Phi) is 7.43. The van der Waals surface area contributed by atoms with E-state index in [9.17, 15) is 24.6 Å². The van der Waals surface area contributed by atoms with Gasteiger partial charge in [-0.2, -0.15) is 0 Å². The Morgan fingerprint density at radius 2 is 1.41 bits per heavy atom. The monoisotopic (exact) mass is 649 g/mol. The Balaban J connectivity index is 1.28. The lowest BCUT2D eigenvalue weighted by Crippen LogP contribution is -2.58. The topological polar surface area (TPSA) is 112 Å². The summed E-state index contributed by atoms with van der Waals surface area (Å²) < 4.78 is 0. The molecule has 4 aromatic rings. The summed E-state index contributed by atoms with van der Waals surface area (Å²) in [7, 11) is 0. The van der Waals surface area contributed by atoms with Crippen LogP contribution in [0.2, 0.25) is 0 Å². The molecule has 49 heavy (non-hydrogen) atoms. The lowest BCUT2D eigenvalue weighted by Gasteiger charge is -2.55. The fraction of sp³-hybridized carbons (Fsp3) is 0.238. The largest absolute Gasteiger partial charge is 0.508 e. The number of rotatable bonds is 6. The van der Waals surface area contributed by atoms with Gasteiger partial charge in [-0.25, -0.2) is 0 Å². The summed E-state index contributed by atoms with van der Waals surface area (Å²) in [5.74, 6) is -4.11. The Hall–Kier alpha value is -5.56. The zero-order valence-corrected chi connectivity index (χ0v) is 26.7. The fourth-order valence-corrected chi connectivity index (χ4v) is 9.14. The molecule has 4 aromatic carbocycles. The van der Waals surface area contributed by atoms with Gasteiger partial charge >= 0.3 is 0 Å². The van der Waals surface area contributed by atoms with Gasteiger partial charge in [-0.15, -0.1) is 0 Å². The highest BCUT2D eigenvalue weighted by molar-refractivity contribution is 6.31. The van der Waals surface area contributed by atoms with Crippen molar-refractivity contribution in [2.24, 2.45) is 23.7 Å². The first-order chi connectivity index (χ1) is 23.8. The van der Waals surface area contributed by atoms with Gasteiger partial charge in [-0.05, 0) is 66.1 Å². The van der Waals surface area contributed by atoms with Crippen molar-refractivity contribution in [3.05, 3.63) is 149 Å². The van der Waals surface area contributed by atoms with Crippen LogP contribution in [0.25, 0.3) is 5.57 Å². The number of imide groups is 1. The zero-order valence-electron chi connectivity index (χ0n) is 26.7. The van der Waals surface area contributed by atoms with E-state index in [-0.39, 0.29) is 47.8 Å². The molecule has 6 unspecified atom stereocenters. The van der Waals surface area contributed by atoms with Crippen LogP contribution < -0.4 is 0 Å². The molecule has 1 saturated carbocycles. The second-order valence-corrected chi connectivity index (χ2v) is 13.6. The van der Waals surface area contributed by atoms with Gasteiger partial charge in [0, 0.05) is 29.5 Å². The maximum atomic E-state index is 15.0. The van der Waals surface area contributed by atoms with E-state index in [4.69, 9.17) is 0 Å². The average Bonchev–Trinajstić information content (AvgIpc) is 3.38. The third-order valence-corrected chi connectivity index (χ3v) is 11.3. The van der Waals surface area contributed by atoms with Crippen molar-refractivity contribution in [3.63, 3.8) is 0 Å². The van der Waals surface area contributed by atoms with Gasteiger partial charge in [0.15, 0.2) is 11.6 Å². The molecule has 2 fully saturated rings. The van der Waals surface area contributed by atoms with E-state index in [0.717, 1.165) is 11.1 Å². The first kappa shape index (κ1) is 30.8. The van der Waals surface area contributed by atoms with E-state index in [0.29, 0.717) is 35.1 Å². The molecule has 3 aliphatic carbocycles. The van der Waals surface area contributed by atoms with Crippen molar-refractivity contribution in [1.29, 1.82) is 0 Å². The number of fused-ring (bicyclic) bond motifs is 4. The summed E-state index contributed by atoms with van der Waals surface area (Å²) in [5.41, 5.74) is 2.52. The molecule has 7 heteroatoms. The summed E-state index contributed by atoms with van der Waals surface area (Å²) in [6.45, 7) is 0.204. The van der Waals surface area contributed by atoms with Gasteiger partial charge in [0.05, 0.1) is 17.3 Å². The molecule has 2 amide bonds. The number of hydrogen-bond donors (Lipinski definition) is 2. The Labute approximate surface area is 284 Å². The number of likely N-dealkylation sites (tertiary alicyclic amines) is 1. The van der Waals surface area contributed by atoms with Crippen molar-refractivity contribution in [2.75, 3.05) is 6.54 Å². The first-order valence-electron chi connectivity index (χ1n) is 16.8. The molecule has 2 N–H and O–H groups in total. The third kappa shape index (κ3) is 4.71. The number of Topliss-reactive ketones (excluding diaryl/α,β-unsaturated/α-hetero) is 1. The minimum absolute atomic E-state index is 0.00710. The van der Waals surface area contributed by atoms with Gasteiger partial charge in [-0.3, -0.25) is 24.1 Å². The van der Waals surface area contributed by atoms with Crippen LogP contribution in [-0.2, 0) is 31.0 Å². The predicted octanol–water partition coefficient (Wildman–Crippen LogP) is 6.16.